The highest BCUT2D eigenvalue weighted by Crippen LogP contribution is 2.21. The zero-order chi connectivity index (χ0) is 18.0. The Kier molecular flexibility index (Phi) is 10.1. The molecule has 4 heteroatoms. The van der Waals surface area contributed by atoms with E-state index < -0.39 is 16.8 Å². The van der Waals surface area contributed by atoms with Gasteiger partial charge in [0.25, 0.3) is 0 Å². The maximum Gasteiger partial charge on any atom is 0.153 e. The van der Waals surface area contributed by atoms with Crippen LogP contribution in [-0.4, -0.2) is 4.21 Å². The van der Waals surface area contributed by atoms with Gasteiger partial charge in [-0.25, -0.2) is 8.60 Å². The van der Waals surface area contributed by atoms with E-state index in [4.69, 9.17) is 0 Å². The van der Waals surface area contributed by atoms with Crippen molar-refractivity contribution < 1.29 is 8.60 Å². The molecule has 0 aliphatic heterocycles. The lowest BCUT2D eigenvalue weighted by atomic mass is 10.1. The third-order valence-corrected chi connectivity index (χ3v) is 4.07. The highest BCUT2D eigenvalue weighted by Gasteiger charge is 2.12. The third-order valence-electron chi connectivity index (χ3n) is 2.95. The second kappa shape index (κ2) is 10.9. The van der Waals surface area contributed by atoms with Crippen LogP contribution in [0.25, 0.3) is 0 Å². The highest BCUT2D eigenvalue weighted by atomic mass is 32.2. The molecule has 0 fully saturated rings. The topological polar surface area (TPSA) is 29.1 Å². The van der Waals surface area contributed by atoms with Gasteiger partial charge in [0.15, 0.2) is 11.0 Å². The molecule has 0 saturated heterocycles. The lowest BCUT2D eigenvalue weighted by Gasteiger charge is -2.11. The van der Waals surface area contributed by atoms with E-state index in [1.165, 1.54) is 6.07 Å². The Morgan fingerprint density at radius 2 is 1.52 bits per heavy atom. The lowest BCUT2D eigenvalue weighted by molar-refractivity contribution is 0.587. The fraction of sp³-hybridized carbons (Fsp3) is 0.368. The number of hydrogen-bond acceptors (Lipinski definition) is 1. The van der Waals surface area contributed by atoms with Crippen LogP contribution in [0.1, 0.15) is 44.4 Å². The van der Waals surface area contributed by atoms with Crippen molar-refractivity contribution in [3.8, 4) is 0 Å². The summed E-state index contributed by atoms with van der Waals surface area (Å²) in [6, 6.07) is 10.7. The number of halogens is 1. The Morgan fingerprint density at radius 1 is 0.913 bits per heavy atom. The number of aryl methyl sites for hydroxylation is 3. The summed E-state index contributed by atoms with van der Waals surface area (Å²) in [5, 5.41) is 0. The molecule has 0 heterocycles. The van der Waals surface area contributed by atoms with Crippen LogP contribution >= 0.6 is 0 Å². The summed E-state index contributed by atoms with van der Waals surface area (Å²) in [6.07, 6.45) is 0. The van der Waals surface area contributed by atoms with Crippen molar-refractivity contribution in [2.45, 2.75) is 53.4 Å². The first kappa shape index (κ1) is 21.3. The quantitative estimate of drug-likeness (QED) is 0.738. The predicted molar refractivity (Wildman–Crippen MR) is 99.8 cm³/mol. The molecular formula is C19H28FNOS. The fourth-order valence-corrected chi connectivity index (χ4v) is 2.82. The summed E-state index contributed by atoms with van der Waals surface area (Å²) in [6.45, 7) is 13.5. The van der Waals surface area contributed by atoms with Crippen LogP contribution in [0.4, 0.5) is 10.1 Å². The van der Waals surface area contributed by atoms with Crippen molar-refractivity contribution in [3.63, 3.8) is 0 Å². The molecule has 0 aromatic heterocycles. The SMILES string of the molecule is CC.CC.Cc1ccc(C)c(NS(=O)c2cccc(C)c2F)c1. The number of nitrogens with one attached hydrogen (secondary N) is 1. The minimum absolute atomic E-state index is 0.181. The molecule has 1 N–H and O–H groups in total. The van der Waals surface area contributed by atoms with E-state index in [2.05, 4.69) is 4.72 Å². The van der Waals surface area contributed by atoms with Crippen molar-refractivity contribution in [2.75, 3.05) is 4.72 Å². The molecule has 0 amide bonds. The molecule has 128 valence electrons. The molecule has 0 spiro atoms. The van der Waals surface area contributed by atoms with Gasteiger partial charge in [-0.2, -0.15) is 0 Å². The van der Waals surface area contributed by atoms with Gasteiger partial charge in [-0.3, -0.25) is 0 Å². The molecule has 1 unspecified atom stereocenters. The third kappa shape index (κ3) is 6.14. The molecule has 0 bridgehead atoms. The first-order valence-corrected chi connectivity index (χ1v) is 9.15. The van der Waals surface area contributed by atoms with Gasteiger partial charge in [0.05, 0.1) is 4.90 Å². The van der Waals surface area contributed by atoms with E-state index in [0.717, 1.165) is 16.8 Å². The van der Waals surface area contributed by atoms with Crippen molar-refractivity contribution in [1.82, 2.24) is 0 Å². The van der Waals surface area contributed by atoms with Gasteiger partial charge in [0.2, 0.25) is 0 Å². The van der Waals surface area contributed by atoms with E-state index >= 15 is 0 Å². The van der Waals surface area contributed by atoms with Crippen LogP contribution in [-0.2, 0) is 11.0 Å². The first-order chi connectivity index (χ1) is 11.0. The average molecular weight is 338 g/mol. The monoisotopic (exact) mass is 337 g/mol. The van der Waals surface area contributed by atoms with Crippen LogP contribution in [0.2, 0.25) is 0 Å². The van der Waals surface area contributed by atoms with Crippen molar-refractivity contribution in [3.05, 3.63) is 58.9 Å². The number of hydrogen-bond donors (Lipinski definition) is 1. The van der Waals surface area contributed by atoms with Gasteiger partial charge in [-0.15, -0.1) is 0 Å². The van der Waals surface area contributed by atoms with Crippen LogP contribution < -0.4 is 4.72 Å². The van der Waals surface area contributed by atoms with Gasteiger partial charge in [-0.05, 0) is 49.6 Å². The van der Waals surface area contributed by atoms with Gasteiger partial charge < -0.3 is 4.72 Å². The summed E-state index contributed by atoms with van der Waals surface area (Å²) in [5.74, 6) is -0.418. The Bertz CT molecular complexity index is 641. The Morgan fingerprint density at radius 3 is 2.13 bits per heavy atom. The van der Waals surface area contributed by atoms with Gasteiger partial charge in [-0.1, -0.05) is 52.0 Å². The van der Waals surface area contributed by atoms with Crippen molar-refractivity contribution >= 4 is 16.7 Å². The molecule has 0 saturated carbocycles. The minimum atomic E-state index is -1.60. The van der Waals surface area contributed by atoms with Crippen molar-refractivity contribution in [1.29, 1.82) is 0 Å². The van der Waals surface area contributed by atoms with Crippen LogP contribution in [0, 0.1) is 26.6 Å². The number of rotatable bonds is 3. The first-order valence-electron chi connectivity index (χ1n) is 8.00. The summed E-state index contributed by atoms with van der Waals surface area (Å²) >= 11 is 0. The smallest absolute Gasteiger partial charge is 0.153 e. The molecule has 1 atom stereocenters. The van der Waals surface area contributed by atoms with E-state index in [-0.39, 0.29) is 4.90 Å². The highest BCUT2D eigenvalue weighted by molar-refractivity contribution is 7.86. The predicted octanol–water partition coefficient (Wildman–Crippen LogP) is 5.94. The summed E-state index contributed by atoms with van der Waals surface area (Å²) in [5.41, 5.74) is 3.30. The maximum absolute atomic E-state index is 13.9. The molecule has 2 rings (SSSR count). The van der Waals surface area contributed by atoms with Gasteiger partial charge >= 0.3 is 0 Å². The van der Waals surface area contributed by atoms with Crippen LogP contribution in [0.3, 0.4) is 0 Å². The molecule has 0 radical (unpaired) electrons. The Hall–Kier alpha value is -1.68. The molecular weight excluding hydrogens is 309 g/mol. The van der Waals surface area contributed by atoms with E-state index in [1.54, 1.807) is 19.1 Å². The molecule has 2 aromatic rings. The van der Waals surface area contributed by atoms with Gasteiger partial charge in [0, 0.05) is 5.69 Å². The Balaban J connectivity index is 0.00000112. The molecule has 23 heavy (non-hydrogen) atoms. The number of benzene rings is 2. The second-order valence-electron chi connectivity index (χ2n) is 4.58. The largest absolute Gasteiger partial charge is 0.301 e. The number of anilines is 1. The fourth-order valence-electron chi connectivity index (χ4n) is 1.76. The molecule has 0 aliphatic rings. The zero-order valence-electron chi connectivity index (χ0n) is 15.2. The second-order valence-corrected chi connectivity index (χ2v) is 5.76. The van der Waals surface area contributed by atoms with Gasteiger partial charge in [0.1, 0.15) is 5.82 Å². The maximum atomic E-state index is 13.9. The van der Waals surface area contributed by atoms with Crippen LogP contribution in [0.5, 0.6) is 0 Å². The zero-order valence-corrected chi connectivity index (χ0v) is 16.0. The average Bonchev–Trinajstić information content (AvgIpc) is 2.57. The van der Waals surface area contributed by atoms with Crippen molar-refractivity contribution in [2.24, 2.45) is 0 Å². The normalized spacial score (nSPS) is 10.6. The van der Waals surface area contributed by atoms with E-state index in [1.807, 2.05) is 59.7 Å². The molecule has 2 nitrogen and oxygen atoms in total. The van der Waals surface area contributed by atoms with Crippen LogP contribution in [0.15, 0.2) is 41.3 Å². The Labute approximate surface area is 142 Å². The molecule has 0 aliphatic carbocycles. The van der Waals surface area contributed by atoms with E-state index in [0.29, 0.717) is 5.56 Å². The summed E-state index contributed by atoms with van der Waals surface area (Å²) in [4.78, 5) is 0.181. The lowest BCUT2D eigenvalue weighted by Crippen LogP contribution is -2.08. The summed E-state index contributed by atoms with van der Waals surface area (Å²) in [7, 11) is -1.60. The standard InChI is InChI=1S/C15H16FNOS.2C2H6/c1-10-7-8-11(2)13(9-10)17-19(18)14-6-4-5-12(3)15(14)16;2*1-2/h4-9,17H,1-3H3;2*1-2H3. The molecule has 2 aromatic carbocycles. The summed E-state index contributed by atoms with van der Waals surface area (Å²) < 4.78 is 29.0. The minimum Gasteiger partial charge on any atom is -0.301 e. The van der Waals surface area contributed by atoms with E-state index in [9.17, 15) is 8.60 Å².